The van der Waals surface area contributed by atoms with Crippen molar-refractivity contribution >= 4 is 11.9 Å². The smallest absolute Gasteiger partial charge is 0.236 e. The standard InChI is InChI=1S/C22H41N5O3/c1-2-23-22(24-9-6-16-30-20-7-17-29-18-8-20)27-14-12-25(13-15-27)19-21(28)26-10-4-3-5-11-26/h20H,2-19H2,1H3,(H,23,24). The highest BCUT2D eigenvalue weighted by Gasteiger charge is 2.24. The number of hydrogen-bond acceptors (Lipinski definition) is 5. The SMILES string of the molecule is CCNC(=NCCCOC1CCOCC1)N1CCN(CC(=O)N2CCCCC2)CC1. The summed E-state index contributed by atoms with van der Waals surface area (Å²) in [6.45, 7) is 12.3. The van der Waals surface area contributed by atoms with Crippen molar-refractivity contribution in [1.82, 2.24) is 20.0 Å². The van der Waals surface area contributed by atoms with E-state index < -0.39 is 0 Å². The van der Waals surface area contributed by atoms with Gasteiger partial charge in [-0.3, -0.25) is 14.7 Å². The molecule has 0 atom stereocenters. The molecule has 3 saturated heterocycles. The van der Waals surface area contributed by atoms with Gasteiger partial charge in [0, 0.05) is 72.2 Å². The summed E-state index contributed by atoms with van der Waals surface area (Å²) < 4.78 is 11.3. The first-order valence-corrected chi connectivity index (χ1v) is 12.0. The van der Waals surface area contributed by atoms with Crippen LogP contribution in [0, 0.1) is 0 Å². The maximum Gasteiger partial charge on any atom is 0.236 e. The van der Waals surface area contributed by atoms with Crippen LogP contribution >= 0.6 is 0 Å². The fourth-order valence-electron chi connectivity index (χ4n) is 4.32. The van der Waals surface area contributed by atoms with E-state index in [1.807, 2.05) is 4.90 Å². The minimum Gasteiger partial charge on any atom is -0.381 e. The van der Waals surface area contributed by atoms with Crippen molar-refractivity contribution in [2.45, 2.75) is 51.6 Å². The molecule has 3 aliphatic heterocycles. The first-order chi connectivity index (χ1) is 14.8. The quantitative estimate of drug-likeness (QED) is 0.359. The molecule has 3 aliphatic rings. The van der Waals surface area contributed by atoms with E-state index in [4.69, 9.17) is 14.5 Å². The van der Waals surface area contributed by atoms with Gasteiger partial charge in [-0.05, 0) is 45.4 Å². The Kier molecular flexibility index (Phi) is 10.2. The van der Waals surface area contributed by atoms with E-state index in [-0.39, 0.29) is 0 Å². The van der Waals surface area contributed by atoms with Crippen LogP contribution in [0.1, 0.15) is 45.4 Å². The molecule has 0 spiro atoms. The number of guanidine groups is 1. The van der Waals surface area contributed by atoms with Crippen LogP contribution in [0.5, 0.6) is 0 Å². The summed E-state index contributed by atoms with van der Waals surface area (Å²) in [7, 11) is 0. The largest absolute Gasteiger partial charge is 0.381 e. The third kappa shape index (κ3) is 7.71. The number of likely N-dealkylation sites (tertiary alicyclic amines) is 1. The molecule has 0 aromatic rings. The minimum absolute atomic E-state index is 0.299. The average Bonchev–Trinajstić information content (AvgIpc) is 2.80. The Morgan fingerprint density at radius 3 is 2.47 bits per heavy atom. The van der Waals surface area contributed by atoms with Crippen LogP contribution < -0.4 is 5.32 Å². The first kappa shape index (κ1) is 23.3. The molecule has 3 heterocycles. The van der Waals surface area contributed by atoms with E-state index >= 15 is 0 Å². The van der Waals surface area contributed by atoms with Gasteiger partial charge in [-0.2, -0.15) is 0 Å². The minimum atomic E-state index is 0.299. The summed E-state index contributed by atoms with van der Waals surface area (Å²) in [6.07, 6.45) is 6.89. The predicted octanol–water partition coefficient (Wildman–Crippen LogP) is 1.17. The highest BCUT2D eigenvalue weighted by atomic mass is 16.5. The fourth-order valence-corrected chi connectivity index (χ4v) is 4.32. The normalized spacial score (nSPS) is 22.4. The van der Waals surface area contributed by atoms with Crippen molar-refractivity contribution in [3.63, 3.8) is 0 Å². The number of carbonyl (C=O) groups is 1. The van der Waals surface area contributed by atoms with Crippen molar-refractivity contribution in [1.29, 1.82) is 0 Å². The summed E-state index contributed by atoms with van der Waals surface area (Å²) in [4.78, 5) is 24.0. The van der Waals surface area contributed by atoms with Crippen molar-refractivity contribution in [3.8, 4) is 0 Å². The Labute approximate surface area is 181 Å². The van der Waals surface area contributed by atoms with E-state index in [2.05, 4.69) is 22.0 Å². The number of piperazine rings is 1. The van der Waals surface area contributed by atoms with Crippen LogP contribution in [0.4, 0.5) is 0 Å². The maximum absolute atomic E-state index is 12.5. The van der Waals surface area contributed by atoms with Crippen molar-refractivity contribution in [2.24, 2.45) is 4.99 Å². The molecule has 1 amide bonds. The second kappa shape index (κ2) is 13.1. The third-order valence-electron chi connectivity index (χ3n) is 6.16. The monoisotopic (exact) mass is 423 g/mol. The molecule has 8 nitrogen and oxygen atoms in total. The van der Waals surface area contributed by atoms with Gasteiger partial charge in [0.2, 0.25) is 5.91 Å². The zero-order valence-corrected chi connectivity index (χ0v) is 18.8. The van der Waals surface area contributed by atoms with E-state index in [0.29, 0.717) is 18.6 Å². The lowest BCUT2D eigenvalue weighted by Crippen LogP contribution is -2.54. The van der Waals surface area contributed by atoms with Crippen LogP contribution in [0.15, 0.2) is 4.99 Å². The highest BCUT2D eigenvalue weighted by molar-refractivity contribution is 5.80. The predicted molar refractivity (Wildman–Crippen MR) is 119 cm³/mol. The van der Waals surface area contributed by atoms with Crippen molar-refractivity contribution < 1.29 is 14.3 Å². The Bertz CT molecular complexity index is 525. The lowest BCUT2D eigenvalue weighted by molar-refractivity contribution is -0.133. The molecular formula is C22H41N5O3. The Balaban J connectivity index is 1.35. The summed E-state index contributed by atoms with van der Waals surface area (Å²) >= 11 is 0. The Morgan fingerprint density at radius 1 is 1.03 bits per heavy atom. The van der Waals surface area contributed by atoms with E-state index in [9.17, 15) is 4.79 Å². The van der Waals surface area contributed by atoms with Crippen molar-refractivity contribution in [3.05, 3.63) is 0 Å². The topological polar surface area (TPSA) is 69.6 Å². The zero-order chi connectivity index (χ0) is 21.0. The maximum atomic E-state index is 12.5. The number of aliphatic imine (C=N–C) groups is 1. The molecular weight excluding hydrogens is 382 g/mol. The molecule has 1 N–H and O–H groups in total. The molecule has 8 heteroatoms. The lowest BCUT2D eigenvalue weighted by atomic mass is 10.1. The second-order valence-electron chi connectivity index (χ2n) is 8.48. The highest BCUT2D eigenvalue weighted by Crippen LogP contribution is 2.11. The van der Waals surface area contributed by atoms with Crippen LogP contribution in [-0.4, -0.2) is 111 Å². The molecule has 30 heavy (non-hydrogen) atoms. The number of carbonyl (C=O) groups excluding carboxylic acids is 1. The summed E-state index contributed by atoms with van der Waals surface area (Å²) in [5.74, 6) is 1.29. The number of amides is 1. The van der Waals surface area contributed by atoms with Gasteiger partial charge in [0.15, 0.2) is 5.96 Å². The average molecular weight is 424 g/mol. The molecule has 0 saturated carbocycles. The fraction of sp³-hybridized carbons (Fsp3) is 0.909. The summed E-state index contributed by atoms with van der Waals surface area (Å²) in [6, 6.07) is 0. The molecule has 0 unspecified atom stereocenters. The van der Waals surface area contributed by atoms with Gasteiger partial charge >= 0.3 is 0 Å². The number of piperidine rings is 1. The molecule has 172 valence electrons. The van der Waals surface area contributed by atoms with Crippen LogP contribution in [0.3, 0.4) is 0 Å². The van der Waals surface area contributed by atoms with E-state index in [1.54, 1.807) is 0 Å². The Morgan fingerprint density at radius 2 is 1.77 bits per heavy atom. The van der Waals surface area contributed by atoms with Crippen LogP contribution in [0.25, 0.3) is 0 Å². The summed E-state index contributed by atoms with van der Waals surface area (Å²) in [5, 5.41) is 3.42. The van der Waals surface area contributed by atoms with Crippen LogP contribution in [0.2, 0.25) is 0 Å². The number of nitrogens with zero attached hydrogens (tertiary/aromatic N) is 4. The zero-order valence-electron chi connectivity index (χ0n) is 18.8. The molecule has 0 aromatic heterocycles. The number of nitrogens with one attached hydrogen (secondary N) is 1. The second-order valence-corrected chi connectivity index (χ2v) is 8.48. The number of ether oxygens (including phenoxy) is 2. The van der Waals surface area contributed by atoms with Gasteiger partial charge in [-0.1, -0.05) is 0 Å². The Hall–Kier alpha value is -1.38. The van der Waals surface area contributed by atoms with Gasteiger partial charge in [-0.15, -0.1) is 0 Å². The van der Waals surface area contributed by atoms with Gasteiger partial charge in [0.05, 0.1) is 12.6 Å². The van der Waals surface area contributed by atoms with Gasteiger partial charge in [0.25, 0.3) is 0 Å². The van der Waals surface area contributed by atoms with Gasteiger partial charge in [0.1, 0.15) is 0 Å². The molecule has 0 aromatic carbocycles. The van der Waals surface area contributed by atoms with Crippen molar-refractivity contribution in [2.75, 3.05) is 78.7 Å². The molecule has 0 aliphatic carbocycles. The van der Waals surface area contributed by atoms with E-state index in [0.717, 1.165) is 110 Å². The molecule has 3 fully saturated rings. The first-order valence-electron chi connectivity index (χ1n) is 12.0. The molecule has 0 bridgehead atoms. The molecule has 3 rings (SSSR count). The number of hydrogen-bond donors (Lipinski definition) is 1. The third-order valence-corrected chi connectivity index (χ3v) is 6.16. The van der Waals surface area contributed by atoms with Gasteiger partial charge in [-0.25, -0.2) is 0 Å². The summed E-state index contributed by atoms with van der Waals surface area (Å²) in [5.41, 5.74) is 0. The lowest BCUT2D eigenvalue weighted by Gasteiger charge is -2.37. The number of rotatable bonds is 8. The molecule has 0 radical (unpaired) electrons. The van der Waals surface area contributed by atoms with E-state index in [1.165, 1.54) is 6.42 Å². The van der Waals surface area contributed by atoms with Crippen LogP contribution in [-0.2, 0) is 14.3 Å². The van der Waals surface area contributed by atoms with Gasteiger partial charge < -0.3 is 24.6 Å².